The van der Waals surface area contributed by atoms with Gasteiger partial charge in [-0.2, -0.15) is 0 Å². The van der Waals surface area contributed by atoms with Crippen LogP contribution in [0.3, 0.4) is 0 Å². The summed E-state index contributed by atoms with van der Waals surface area (Å²) in [4.78, 5) is 28.2. The molecule has 0 saturated carbocycles. The molecule has 0 aliphatic heterocycles. The molecule has 0 heterocycles. The Morgan fingerprint density at radius 3 is 2.19 bits per heavy atom. The molecular weight excluding hydrogens is 537 g/mol. The van der Waals surface area contributed by atoms with Crippen LogP contribution < -0.4 is 14.4 Å². The fraction of sp³-hybridized carbons (Fsp3) is 0.462. The fourth-order valence-electron chi connectivity index (χ4n) is 3.67. The third kappa shape index (κ3) is 9.09. The molecule has 0 aliphatic rings. The quantitative estimate of drug-likeness (QED) is 0.374. The summed E-state index contributed by atoms with van der Waals surface area (Å²) in [6.45, 7) is 8.07. The third-order valence-corrected chi connectivity index (χ3v) is 7.40. The Morgan fingerprint density at radius 2 is 1.68 bits per heavy atom. The van der Waals surface area contributed by atoms with Gasteiger partial charge in [0.1, 0.15) is 18.3 Å². The van der Waals surface area contributed by atoms with Crippen LogP contribution in [-0.4, -0.2) is 57.1 Å². The molecule has 1 atom stereocenters. The van der Waals surface area contributed by atoms with Crippen LogP contribution >= 0.6 is 23.2 Å². The second kappa shape index (κ2) is 13.9. The Labute approximate surface area is 229 Å². The van der Waals surface area contributed by atoms with Crippen molar-refractivity contribution in [2.24, 2.45) is 5.92 Å². The highest BCUT2D eigenvalue weighted by Gasteiger charge is 2.31. The van der Waals surface area contributed by atoms with Crippen molar-refractivity contribution >= 4 is 50.7 Å². The summed E-state index contributed by atoms with van der Waals surface area (Å²) < 4.78 is 31.9. The predicted molar refractivity (Wildman–Crippen MR) is 149 cm³/mol. The summed E-state index contributed by atoms with van der Waals surface area (Å²) in [6, 6.07) is 10.6. The lowest BCUT2D eigenvalue weighted by molar-refractivity contribution is -0.140. The van der Waals surface area contributed by atoms with Crippen molar-refractivity contribution in [2.45, 2.75) is 46.7 Å². The number of amides is 2. The van der Waals surface area contributed by atoms with Crippen molar-refractivity contribution in [1.29, 1.82) is 0 Å². The average molecular weight is 573 g/mol. The van der Waals surface area contributed by atoms with E-state index in [9.17, 15) is 18.0 Å². The van der Waals surface area contributed by atoms with Crippen LogP contribution in [0, 0.1) is 5.92 Å². The van der Waals surface area contributed by atoms with E-state index in [4.69, 9.17) is 27.9 Å². The van der Waals surface area contributed by atoms with E-state index in [0.717, 1.165) is 10.6 Å². The Kier molecular flexibility index (Phi) is 11.5. The van der Waals surface area contributed by atoms with Crippen LogP contribution in [-0.2, 0) is 26.2 Å². The van der Waals surface area contributed by atoms with E-state index < -0.39 is 28.5 Å². The van der Waals surface area contributed by atoms with E-state index in [2.05, 4.69) is 5.32 Å². The highest BCUT2D eigenvalue weighted by molar-refractivity contribution is 7.92. The van der Waals surface area contributed by atoms with Crippen LogP contribution in [0.5, 0.6) is 5.75 Å². The van der Waals surface area contributed by atoms with Crippen molar-refractivity contribution < 1.29 is 22.7 Å². The van der Waals surface area contributed by atoms with E-state index >= 15 is 0 Å². The smallest absolute Gasteiger partial charge is 0.244 e. The van der Waals surface area contributed by atoms with Gasteiger partial charge in [0, 0.05) is 13.1 Å². The molecule has 11 heteroatoms. The number of halogens is 2. The van der Waals surface area contributed by atoms with E-state index in [1.807, 2.05) is 20.8 Å². The van der Waals surface area contributed by atoms with Gasteiger partial charge < -0.3 is 15.0 Å². The van der Waals surface area contributed by atoms with Crippen LogP contribution in [0.1, 0.15) is 39.7 Å². The summed E-state index contributed by atoms with van der Waals surface area (Å²) in [5.41, 5.74) is 0.968. The van der Waals surface area contributed by atoms with E-state index in [0.29, 0.717) is 46.6 Å². The van der Waals surface area contributed by atoms with Gasteiger partial charge in [-0.15, -0.1) is 0 Å². The molecule has 0 radical (unpaired) electrons. The number of ether oxygens (including phenoxy) is 1. The van der Waals surface area contributed by atoms with E-state index in [1.165, 1.54) is 4.90 Å². The number of hydrogen-bond acceptors (Lipinski definition) is 5. The van der Waals surface area contributed by atoms with Crippen molar-refractivity contribution in [3.8, 4) is 5.75 Å². The molecule has 2 aromatic carbocycles. The lowest BCUT2D eigenvalue weighted by Gasteiger charge is -2.33. The minimum Gasteiger partial charge on any atom is -0.494 e. The zero-order valence-electron chi connectivity index (χ0n) is 21.8. The van der Waals surface area contributed by atoms with Crippen LogP contribution in [0.4, 0.5) is 5.69 Å². The summed E-state index contributed by atoms with van der Waals surface area (Å²) in [6.07, 6.45) is 1.37. The zero-order valence-corrected chi connectivity index (χ0v) is 24.2. The molecule has 204 valence electrons. The molecule has 1 N–H and O–H groups in total. The molecule has 0 saturated heterocycles. The van der Waals surface area contributed by atoms with Gasteiger partial charge in [0.05, 0.1) is 28.6 Å². The molecule has 0 bridgehead atoms. The van der Waals surface area contributed by atoms with Gasteiger partial charge in [-0.05, 0) is 61.2 Å². The lowest BCUT2D eigenvalue weighted by Crippen LogP contribution is -2.52. The number of nitrogens with zero attached hydrogens (tertiary/aromatic N) is 2. The Balaban J connectivity index is 2.42. The van der Waals surface area contributed by atoms with E-state index in [1.54, 1.807) is 49.4 Å². The minimum absolute atomic E-state index is 0.0458. The number of hydrogen-bond donors (Lipinski definition) is 1. The number of carbonyl (C=O) groups excluding carboxylic acids is 2. The first-order chi connectivity index (χ1) is 17.4. The van der Waals surface area contributed by atoms with Crippen molar-refractivity contribution in [2.75, 3.05) is 30.3 Å². The maximum atomic E-state index is 13.7. The monoisotopic (exact) mass is 571 g/mol. The summed E-state index contributed by atoms with van der Waals surface area (Å²) >= 11 is 12.2. The number of rotatable bonds is 13. The van der Waals surface area contributed by atoms with E-state index in [-0.39, 0.29) is 18.4 Å². The molecule has 2 aromatic rings. The second-order valence-corrected chi connectivity index (χ2v) is 11.8. The van der Waals surface area contributed by atoms with Gasteiger partial charge in [0.15, 0.2) is 0 Å². The van der Waals surface area contributed by atoms with Gasteiger partial charge in [-0.25, -0.2) is 8.42 Å². The fourth-order valence-corrected chi connectivity index (χ4v) is 4.84. The topological polar surface area (TPSA) is 96.0 Å². The minimum atomic E-state index is -3.83. The molecule has 0 aliphatic carbocycles. The largest absolute Gasteiger partial charge is 0.494 e. The first-order valence-corrected chi connectivity index (χ1v) is 14.7. The summed E-state index contributed by atoms with van der Waals surface area (Å²) in [5.74, 6) is -0.0327. The van der Waals surface area contributed by atoms with Gasteiger partial charge in [0.2, 0.25) is 21.8 Å². The Morgan fingerprint density at radius 1 is 1.03 bits per heavy atom. The number of sulfonamides is 1. The Hall–Kier alpha value is -2.49. The zero-order chi connectivity index (χ0) is 27.8. The molecule has 0 spiro atoms. The number of anilines is 1. The summed E-state index contributed by atoms with van der Waals surface area (Å²) in [7, 11) is -3.83. The number of benzene rings is 2. The van der Waals surface area contributed by atoms with Gasteiger partial charge >= 0.3 is 0 Å². The number of carbonyl (C=O) groups is 2. The second-order valence-electron chi connectivity index (χ2n) is 9.03. The van der Waals surface area contributed by atoms with Crippen molar-refractivity contribution in [1.82, 2.24) is 10.2 Å². The van der Waals surface area contributed by atoms with Gasteiger partial charge in [-0.1, -0.05) is 50.0 Å². The van der Waals surface area contributed by atoms with Gasteiger partial charge in [0.25, 0.3) is 0 Å². The molecule has 37 heavy (non-hydrogen) atoms. The standard InChI is InChI=1S/C26H35Cl2N3O5S/c1-6-24(26(33)29-15-18(3)4)30(16-19-8-13-22(27)23(28)14-19)25(32)17-31(37(5,34)35)20-9-11-21(12-10-20)36-7-2/h8-14,18,24H,6-7,15-17H2,1-5H3,(H,29,33). The maximum absolute atomic E-state index is 13.7. The van der Waals surface area contributed by atoms with Gasteiger partial charge in [-0.3, -0.25) is 13.9 Å². The predicted octanol–water partition coefficient (Wildman–Crippen LogP) is 4.74. The lowest BCUT2D eigenvalue weighted by atomic mass is 10.1. The molecule has 0 aromatic heterocycles. The van der Waals surface area contributed by atoms with Crippen LogP contribution in [0.25, 0.3) is 0 Å². The van der Waals surface area contributed by atoms with Crippen molar-refractivity contribution in [3.05, 3.63) is 58.1 Å². The Bertz CT molecular complexity index is 1170. The third-order valence-electron chi connectivity index (χ3n) is 5.52. The first-order valence-electron chi connectivity index (χ1n) is 12.1. The molecule has 2 amide bonds. The first kappa shape index (κ1) is 30.7. The highest BCUT2D eigenvalue weighted by Crippen LogP contribution is 2.25. The number of nitrogens with one attached hydrogen (secondary N) is 1. The molecule has 1 unspecified atom stereocenters. The molecule has 2 rings (SSSR count). The molecular formula is C26H35Cl2N3O5S. The average Bonchev–Trinajstić information content (AvgIpc) is 2.83. The molecule has 0 fully saturated rings. The highest BCUT2D eigenvalue weighted by atomic mass is 35.5. The normalized spacial score (nSPS) is 12.2. The molecule has 8 nitrogen and oxygen atoms in total. The summed E-state index contributed by atoms with van der Waals surface area (Å²) in [5, 5.41) is 3.56. The van der Waals surface area contributed by atoms with Crippen LogP contribution in [0.15, 0.2) is 42.5 Å². The van der Waals surface area contributed by atoms with Crippen LogP contribution in [0.2, 0.25) is 10.0 Å². The maximum Gasteiger partial charge on any atom is 0.244 e. The SMILES string of the molecule is CCOc1ccc(N(CC(=O)N(Cc2ccc(Cl)c(Cl)c2)C(CC)C(=O)NCC(C)C)S(C)(=O)=O)cc1. The van der Waals surface area contributed by atoms with Crippen molar-refractivity contribution in [3.63, 3.8) is 0 Å².